The molecule has 0 amide bonds. The number of imidazole rings is 1. The molecule has 1 aliphatic heterocycles. The molecule has 1 unspecified atom stereocenters. The lowest BCUT2D eigenvalue weighted by atomic mass is 10.0. The van der Waals surface area contributed by atoms with E-state index in [-0.39, 0.29) is 24.0 Å². The van der Waals surface area contributed by atoms with Gasteiger partial charge in [-0.1, -0.05) is 37.3 Å². The highest BCUT2D eigenvalue weighted by Gasteiger charge is 2.17. The van der Waals surface area contributed by atoms with Crippen molar-refractivity contribution in [2.24, 2.45) is 16.6 Å². The molecule has 1 fully saturated rings. The molecule has 0 spiro atoms. The Labute approximate surface area is 167 Å². The molecule has 2 N–H and O–H groups in total. The number of nitrogens with zero attached hydrogens (tertiary/aromatic N) is 4. The maximum absolute atomic E-state index is 6.16. The van der Waals surface area contributed by atoms with Gasteiger partial charge in [-0.25, -0.2) is 4.98 Å². The minimum atomic E-state index is 0. The van der Waals surface area contributed by atoms with Crippen LogP contribution in [0.5, 0.6) is 0 Å². The van der Waals surface area contributed by atoms with Gasteiger partial charge >= 0.3 is 0 Å². The number of rotatable bonds is 5. The van der Waals surface area contributed by atoms with Gasteiger partial charge in [-0.15, -0.1) is 24.0 Å². The molecular weight excluding hydrogens is 425 g/mol. The lowest BCUT2D eigenvalue weighted by Gasteiger charge is -2.31. The lowest BCUT2D eigenvalue weighted by Crippen LogP contribution is -2.43. The minimum absolute atomic E-state index is 0. The average Bonchev–Trinajstić information content (AvgIpc) is 3.03. The zero-order chi connectivity index (χ0) is 16.8. The van der Waals surface area contributed by atoms with Crippen LogP contribution in [0.4, 0.5) is 0 Å². The van der Waals surface area contributed by atoms with E-state index >= 15 is 0 Å². The summed E-state index contributed by atoms with van der Waals surface area (Å²) in [6, 6.07) is 10.4. The second kappa shape index (κ2) is 9.79. The number of aromatic nitrogens is 2. The van der Waals surface area contributed by atoms with Gasteiger partial charge in [-0.3, -0.25) is 4.99 Å². The zero-order valence-corrected chi connectivity index (χ0v) is 17.2. The maximum atomic E-state index is 6.16. The van der Waals surface area contributed by atoms with Crippen molar-refractivity contribution in [2.75, 3.05) is 19.6 Å². The molecule has 1 saturated heterocycles. The van der Waals surface area contributed by atoms with Crippen LogP contribution in [0.2, 0.25) is 0 Å². The van der Waals surface area contributed by atoms with Crippen molar-refractivity contribution in [1.82, 2.24) is 14.5 Å². The number of hydrogen-bond acceptors (Lipinski definition) is 2. The Morgan fingerprint density at radius 1 is 1.32 bits per heavy atom. The molecule has 1 aromatic carbocycles. The number of guanidine groups is 1. The predicted molar refractivity (Wildman–Crippen MR) is 113 cm³/mol. The van der Waals surface area contributed by atoms with Crippen LogP contribution in [-0.2, 0) is 13.0 Å². The highest BCUT2D eigenvalue weighted by Crippen LogP contribution is 2.15. The third kappa shape index (κ3) is 5.73. The first-order chi connectivity index (χ1) is 11.7. The number of piperidine rings is 1. The van der Waals surface area contributed by atoms with Gasteiger partial charge in [0, 0.05) is 45.0 Å². The van der Waals surface area contributed by atoms with Crippen LogP contribution in [0.15, 0.2) is 47.7 Å². The van der Waals surface area contributed by atoms with Crippen LogP contribution in [0.1, 0.15) is 31.2 Å². The van der Waals surface area contributed by atoms with E-state index in [0.29, 0.717) is 18.4 Å². The fourth-order valence-corrected chi connectivity index (χ4v) is 3.26. The molecule has 136 valence electrons. The van der Waals surface area contributed by atoms with Gasteiger partial charge in [0.05, 0.1) is 0 Å². The van der Waals surface area contributed by atoms with Gasteiger partial charge in [0.1, 0.15) is 5.82 Å². The molecular formula is C19H28IN5. The van der Waals surface area contributed by atoms with E-state index in [2.05, 4.69) is 50.6 Å². The first-order valence-corrected chi connectivity index (χ1v) is 8.81. The monoisotopic (exact) mass is 453 g/mol. The van der Waals surface area contributed by atoms with Gasteiger partial charge in [0.15, 0.2) is 5.96 Å². The number of halogens is 1. The molecule has 1 atom stereocenters. The minimum Gasteiger partial charge on any atom is -0.370 e. The molecule has 25 heavy (non-hydrogen) atoms. The number of benzene rings is 1. The topological polar surface area (TPSA) is 59.4 Å². The first-order valence-electron chi connectivity index (χ1n) is 8.81. The number of aliphatic imine (C=N–C) groups is 1. The van der Waals surface area contributed by atoms with E-state index in [4.69, 9.17) is 5.73 Å². The van der Waals surface area contributed by atoms with Gasteiger partial charge in [-0.2, -0.15) is 0 Å². The van der Waals surface area contributed by atoms with E-state index in [0.717, 1.165) is 31.9 Å². The standard InChI is InChI=1S/C19H27N5.HI/c1-16-6-5-12-24(14-16)19(20)22-10-9-18-21-11-13-23(18)15-17-7-3-2-4-8-17;/h2-4,7-8,11,13,16H,5-6,9-10,12,14-15H2,1H3,(H2,20,22);1H. The molecule has 6 heteroatoms. The normalized spacial score (nSPS) is 18.0. The van der Waals surface area contributed by atoms with Gasteiger partial charge in [0.25, 0.3) is 0 Å². The van der Waals surface area contributed by atoms with Crippen molar-refractivity contribution in [2.45, 2.75) is 32.7 Å². The summed E-state index contributed by atoms with van der Waals surface area (Å²) >= 11 is 0. The van der Waals surface area contributed by atoms with E-state index in [1.807, 2.05) is 18.5 Å². The van der Waals surface area contributed by atoms with Gasteiger partial charge < -0.3 is 15.2 Å². The van der Waals surface area contributed by atoms with Crippen LogP contribution < -0.4 is 5.73 Å². The van der Waals surface area contributed by atoms with Crippen molar-refractivity contribution >= 4 is 29.9 Å². The fourth-order valence-electron chi connectivity index (χ4n) is 3.26. The highest BCUT2D eigenvalue weighted by molar-refractivity contribution is 14.0. The smallest absolute Gasteiger partial charge is 0.191 e. The largest absolute Gasteiger partial charge is 0.370 e. The Morgan fingerprint density at radius 3 is 2.88 bits per heavy atom. The molecule has 1 aromatic heterocycles. The lowest BCUT2D eigenvalue weighted by molar-refractivity contribution is 0.270. The van der Waals surface area contributed by atoms with Gasteiger partial charge in [0.2, 0.25) is 0 Å². The molecule has 0 saturated carbocycles. The van der Waals surface area contributed by atoms with Crippen molar-refractivity contribution in [3.05, 3.63) is 54.1 Å². The van der Waals surface area contributed by atoms with Gasteiger partial charge in [-0.05, 0) is 24.3 Å². The summed E-state index contributed by atoms with van der Waals surface area (Å²) in [4.78, 5) is 11.3. The molecule has 2 heterocycles. The highest BCUT2D eigenvalue weighted by atomic mass is 127. The third-order valence-electron chi connectivity index (χ3n) is 4.59. The number of likely N-dealkylation sites (tertiary alicyclic amines) is 1. The van der Waals surface area contributed by atoms with E-state index < -0.39 is 0 Å². The summed E-state index contributed by atoms with van der Waals surface area (Å²) in [5.41, 5.74) is 7.44. The second-order valence-electron chi connectivity index (χ2n) is 6.64. The summed E-state index contributed by atoms with van der Waals surface area (Å²) in [5, 5.41) is 0. The summed E-state index contributed by atoms with van der Waals surface area (Å²) in [5.74, 6) is 2.45. The average molecular weight is 453 g/mol. The van der Waals surface area contributed by atoms with E-state index in [1.165, 1.54) is 18.4 Å². The van der Waals surface area contributed by atoms with E-state index in [1.54, 1.807) is 0 Å². The second-order valence-corrected chi connectivity index (χ2v) is 6.64. The predicted octanol–water partition coefficient (Wildman–Crippen LogP) is 3.14. The summed E-state index contributed by atoms with van der Waals surface area (Å²) in [6.07, 6.45) is 7.20. The van der Waals surface area contributed by atoms with Crippen LogP contribution in [0.3, 0.4) is 0 Å². The quantitative estimate of drug-likeness (QED) is 0.430. The Balaban J connectivity index is 0.00000225. The summed E-state index contributed by atoms with van der Waals surface area (Å²) in [7, 11) is 0. The molecule has 0 radical (unpaired) electrons. The molecule has 2 aromatic rings. The van der Waals surface area contributed by atoms with E-state index in [9.17, 15) is 0 Å². The Bertz CT molecular complexity index is 667. The zero-order valence-electron chi connectivity index (χ0n) is 14.8. The van der Waals surface area contributed by atoms with Crippen molar-refractivity contribution < 1.29 is 0 Å². The van der Waals surface area contributed by atoms with Crippen LogP contribution in [-0.4, -0.2) is 40.0 Å². The fraction of sp³-hybridized carbons (Fsp3) is 0.474. The molecule has 1 aliphatic rings. The Hall–Kier alpha value is -1.57. The summed E-state index contributed by atoms with van der Waals surface area (Å²) < 4.78 is 2.18. The van der Waals surface area contributed by atoms with Crippen LogP contribution >= 0.6 is 24.0 Å². The molecule has 0 aliphatic carbocycles. The third-order valence-corrected chi connectivity index (χ3v) is 4.59. The molecule has 3 rings (SSSR count). The van der Waals surface area contributed by atoms with Crippen molar-refractivity contribution in [3.8, 4) is 0 Å². The maximum Gasteiger partial charge on any atom is 0.191 e. The van der Waals surface area contributed by atoms with Crippen LogP contribution in [0, 0.1) is 5.92 Å². The SMILES string of the molecule is CC1CCCN(C(N)=NCCc2nccn2Cc2ccccc2)C1.I. The summed E-state index contributed by atoms with van der Waals surface area (Å²) in [6.45, 7) is 5.86. The molecule has 5 nitrogen and oxygen atoms in total. The van der Waals surface area contributed by atoms with Crippen molar-refractivity contribution in [3.63, 3.8) is 0 Å². The number of nitrogens with two attached hydrogens (primary N) is 1. The molecule has 0 bridgehead atoms. The number of hydrogen-bond donors (Lipinski definition) is 1. The van der Waals surface area contributed by atoms with Crippen molar-refractivity contribution in [1.29, 1.82) is 0 Å². The Morgan fingerprint density at radius 2 is 2.12 bits per heavy atom. The first kappa shape index (κ1) is 19.8. The van der Waals surface area contributed by atoms with Crippen LogP contribution in [0.25, 0.3) is 0 Å². The Kier molecular flexibility index (Phi) is 7.74.